The predicted octanol–water partition coefficient (Wildman–Crippen LogP) is 2.28. The molecule has 19 heavy (non-hydrogen) atoms. The van der Waals surface area contributed by atoms with Crippen LogP contribution in [0.15, 0.2) is 30.3 Å². The molecule has 104 valence electrons. The molecule has 0 radical (unpaired) electrons. The molecule has 0 amide bonds. The summed E-state index contributed by atoms with van der Waals surface area (Å²) in [7, 11) is 0. The molecular formula is C14H19NO4. The number of carboxylic acids is 1. The molecule has 1 atom stereocenters. The number of ether oxygens (including phenoxy) is 1. The molecule has 0 spiro atoms. The summed E-state index contributed by atoms with van der Waals surface area (Å²) in [5.41, 5.74) is 0.0332. The fourth-order valence-corrected chi connectivity index (χ4v) is 1.49. The molecule has 0 aliphatic rings. The number of anilines is 1. The molecule has 0 aliphatic carbocycles. The zero-order chi connectivity index (χ0) is 14.5. The van der Waals surface area contributed by atoms with Gasteiger partial charge in [0.25, 0.3) is 0 Å². The second-order valence-corrected chi connectivity index (χ2v) is 5.19. The molecule has 1 aromatic rings. The Balaban J connectivity index is 2.64. The van der Waals surface area contributed by atoms with E-state index in [1.165, 1.54) is 0 Å². The van der Waals surface area contributed by atoms with Gasteiger partial charge in [-0.25, -0.2) is 4.79 Å². The molecule has 0 aromatic heterocycles. The van der Waals surface area contributed by atoms with Gasteiger partial charge >= 0.3 is 11.9 Å². The van der Waals surface area contributed by atoms with E-state index in [0.717, 1.165) is 0 Å². The van der Waals surface area contributed by atoms with Crippen molar-refractivity contribution in [2.24, 2.45) is 0 Å². The van der Waals surface area contributed by atoms with Crippen LogP contribution in [0.3, 0.4) is 0 Å². The highest BCUT2D eigenvalue weighted by molar-refractivity contribution is 5.84. The fraction of sp³-hybridized carbons (Fsp3) is 0.429. The third kappa shape index (κ3) is 5.90. The van der Waals surface area contributed by atoms with E-state index in [1.54, 1.807) is 45.0 Å². The van der Waals surface area contributed by atoms with Gasteiger partial charge in [0.1, 0.15) is 11.6 Å². The number of nitrogens with one attached hydrogen (secondary N) is 1. The van der Waals surface area contributed by atoms with Gasteiger partial charge < -0.3 is 15.2 Å². The quantitative estimate of drug-likeness (QED) is 0.799. The molecular weight excluding hydrogens is 246 g/mol. The van der Waals surface area contributed by atoms with E-state index in [2.05, 4.69) is 5.32 Å². The van der Waals surface area contributed by atoms with Crippen LogP contribution in [-0.4, -0.2) is 28.7 Å². The van der Waals surface area contributed by atoms with E-state index in [0.29, 0.717) is 5.69 Å². The Hall–Kier alpha value is -2.04. The summed E-state index contributed by atoms with van der Waals surface area (Å²) in [6.45, 7) is 5.22. The van der Waals surface area contributed by atoms with Gasteiger partial charge in [-0.1, -0.05) is 18.2 Å². The van der Waals surface area contributed by atoms with Crippen molar-refractivity contribution in [2.75, 3.05) is 5.32 Å². The van der Waals surface area contributed by atoms with Crippen molar-refractivity contribution < 1.29 is 19.4 Å². The maximum absolute atomic E-state index is 11.6. The smallest absolute Gasteiger partial charge is 0.326 e. The van der Waals surface area contributed by atoms with E-state index in [9.17, 15) is 9.59 Å². The molecule has 0 saturated heterocycles. The largest absolute Gasteiger partial charge is 0.480 e. The van der Waals surface area contributed by atoms with Crippen LogP contribution in [0.2, 0.25) is 0 Å². The number of carboxylic acid groups (broad SMARTS) is 1. The van der Waals surface area contributed by atoms with E-state index in [-0.39, 0.29) is 6.42 Å². The molecule has 0 saturated carbocycles. The van der Waals surface area contributed by atoms with Crippen LogP contribution in [0, 0.1) is 0 Å². The number of aliphatic carboxylic acids is 1. The lowest BCUT2D eigenvalue weighted by molar-refractivity contribution is -0.157. The highest BCUT2D eigenvalue weighted by Crippen LogP contribution is 2.13. The average molecular weight is 265 g/mol. The molecule has 5 nitrogen and oxygen atoms in total. The number of carbonyl (C=O) groups is 2. The van der Waals surface area contributed by atoms with Crippen LogP contribution >= 0.6 is 0 Å². The van der Waals surface area contributed by atoms with Crippen molar-refractivity contribution in [1.82, 2.24) is 0 Å². The minimum atomic E-state index is -1.09. The van der Waals surface area contributed by atoms with Gasteiger partial charge in [-0.2, -0.15) is 0 Å². The van der Waals surface area contributed by atoms with Crippen molar-refractivity contribution in [1.29, 1.82) is 0 Å². The van der Waals surface area contributed by atoms with Gasteiger partial charge in [0, 0.05) is 5.69 Å². The first-order valence-corrected chi connectivity index (χ1v) is 6.04. The summed E-state index contributed by atoms with van der Waals surface area (Å²) in [4.78, 5) is 22.8. The molecule has 1 unspecified atom stereocenters. The zero-order valence-corrected chi connectivity index (χ0v) is 11.3. The van der Waals surface area contributed by atoms with Crippen LogP contribution in [0.4, 0.5) is 5.69 Å². The minimum absolute atomic E-state index is 0.221. The highest BCUT2D eigenvalue weighted by atomic mass is 16.6. The van der Waals surface area contributed by atoms with Crippen LogP contribution in [0.5, 0.6) is 0 Å². The van der Waals surface area contributed by atoms with Gasteiger partial charge in [-0.3, -0.25) is 4.79 Å². The van der Waals surface area contributed by atoms with Crippen LogP contribution in [0.1, 0.15) is 27.2 Å². The molecule has 5 heteroatoms. The van der Waals surface area contributed by atoms with Gasteiger partial charge in [0.15, 0.2) is 0 Å². The first kappa shape index (κ1) is 15.0. The summed E-state index contributed by atoms with van der Waals surface area (Å²) in [5.74, 6) is -1.63. The lowest BCUT2D eigenvalue weighted by atomic mass is 10.1. The van der Waals surface area contributed by atoms with Crippen molar-refractivity contribution in [2.45, 2.75) is 38.8 Å². The van der Waals surface area contributed by atoms with Crippen molar-refractivity contribution in [3.63, 3.8) is 0 Å². The third-order valence-electron chi connectivity index (χ3n) is 2.20. The van der Waals surface area contributed by atoms with Gasteiger partial charge in [-0.05, 0) is 32.9 Å². The monoisotopic (exact) mass is 265 g/mol. The lowest BCUT2D eigenvalue weighted by Gasteiger charge is -2.21. The van der Waals surface area contributed by atoms with Crippen LogP contribution in [0.25, 0.3) is 0 Å². The van der Waals surface area contributed by atoms with Gasteiger partial charge in [0.2, 0.25) is 0 Å². The Morgan fingerprint density at radius 3 is 2.32 bits per heavy atom. The number of rotatable bonds is 5. The summed E-state index contributed by atoms with van der Waals surface area (Å²) >= 11 is 0. The SMILES string of the molecule is CC(C)(C)OC(=O)CC(Nc1ccccc1)C(=O)O. The van der Waals surface area contributed by atoms with E-state index < -0.39 is 23.6 Å². The Bertz CT molecular complexity index is 437. The number of hydrogen-bond acceptors (Lipinski definition) is 4. The second kappa shape index (κ2) is 6.22. The molecule has 0 heterocycles. The molecule has 1 rings (SSSR count). The summed E-state index contributed by atoms with van der Waals surface area (Å²) in [5, 5.41) is 11.9. The number of para-hydroxylation sites is 1. The minimum Gasteiger partial charge on any atom is -0.480 e. The first-order valence-electron chi connectivity index (χ1n) is 6.04. The predicted molar refractivity (Wildman–Crippen MR) is 72.0 cm³/mol. The third-order valence-corrected chi connectivity index (χ3v) is 2.20. The van der Waals surface area contributed by atoms with Gasteiger partial charge in [0.05, 0.1) is 6.42 Å². The number of hydrogen-bond donors (Lipinski definition) is 2. The van der Waals surface area contributed by atoms with Crippen molar-refractivity contribution >= 4 is 17.6 Å². The fourth-order valence-electron chi connectivity index (χ4n) is 1.49. The summed E-state index contributed by atoms with van der Waals surface area (Å²) in [6, 6.07) is 7.88. The number of benzene rings is 1. The second-order valence-electron chi connectivity index (χ2n) is 5.19. The average Bonchev–Trinajstić information content (AvgIpc) is 2.26. The summed E-state index contributed by atoms with van der Waals surface area (Å²) < 4.78 is 5.11. The van der Waals surface area contributed by atoms with Crippen molar-refractivity contribution in [3.05, 3.63) is 30.3 Å². The van der Waals surface area contributed by atoms with Crippen LogP contribution in [-0.2, 0) is 14.3 Å². The zero-order valence-electron chi connectivity index (χ0n) is 11.3. The molecule has 0 bridgehead atoms. The van der Waals surface area contributed by atoms with Crippen LogP contribution < -0.4 is 5.32 Å². The number of esters is 1. The summed E-state index contributed by atoms with van der Waals surface area (Å²) in [6.07, 6.45) is -0.221. The lowest BCUT2D eigenvalue weighted by Crippen LogP contribution is -2.34. The van der Waals surface area contributed by atoms with Crippen molar-refractivity contribution in [3.8, 4) is 0 Å². The standard InChI is InChI=1S/C14H19NO4/c1-14(2,3)19-12(16)9-11(13(17)18)15-10-7-5-4-6-8-10/h4-8,11,15H,9H2,1-3H3,(H,17,18). The Labute approximate surface area is 112 Å². The first-order chi connectivity index (χ1) is 8.78. The maximum Gasteiger partial charge on any atom is 0.326 e. The molecule has 1 aromatic carbocycles. The normalized spacial score (nSPS) is 12.6. The molecule has 0 aliphatic heterocycles. The Morgan fingerprint density at radius 1 is 1.26 bits per heavy atom. The van der Waals surface area contributed by atoms with Gasteiger partial charge in [-0.15, -0.1) is 0 Å². The topological polar surface area (TPSA) is 75.6 Å². The van der Waals surface area contributed by atoms with E-state index in [1.807, 2.05) is 6.07 Å². The Kier molecular flexibility index (Phi) is 4.92. The molecule has 0 fully saturated rings. The maximum atomic E-state index is 11.6. The van der Waals surface area contributed by atoms with E-state index >= 15 is 0 Å². The Morgan fingerprint density at radius 2 is 1.84 bits per heavy atom. The highest BCUT2D eigenvalue weighted by Gasteiger charge is 2.24. The number of carbonyl (C=O) groups excluding carboxylic acids is 1. The van der Waals surface area contributed by atoms with E-state index in [4.69, 9.17) is 9.84 Å². The molecule has 2 N–H and O–H groups in total.